The van der Waals surface area contributed by atoms with E-state index < -0.39 is 9.84 Å². The van der Waals surface area contributed by atoms with Gasteiger partial charge in [-0.3, -0.25) is 4.98 Å². The molecule has 0 spiro atoms. The minimum atomic E-state index is -3.78. The van der Waals surface area contributed by atoms with E-state index in [9.17, 15) is 12.8 Å². The Morgan fingerprint density at radius 2 is 1.45 bits per heavy atom. The number of pyridine rings is 1. The molecule has 0 radical (unpaired) electrons. The molecule has 0 unspecified atom stereocenters. The number of piperazine rings is 1. The number of benzene rings is 3. The highest BCUT2D eigenvalue weighted by Gasteiger charge is 2.29. The largest absolute Gasteiger partial charge is 0.366 e. The van der Waals surface area contributed by atoms with Crippen molar-refractivity contribution in [2.24, 2.45) is 0 Å². The number of para-hydroxylation sites is 2. The zero-order valence-corrected chi connectivity index (χ0v) is 19.1. The summed E-state index contributed by atoms with van der Waals surface area (Å²) in [6.45, 7) is 4.23. The average molecular weight is 462 g/mol. The Labute approximate surface area is 193 Å². The Kier molecular flexibility index (Phi) is 5.50. The second-order valence-electron chi connectivity index (χ2n) is 8.23. The SMILES string of the molecule is Cc1ccc(S(=O)(=O)c2cnc3ccccc3c2N2CCN(c3ccccc3F)CC2)cc1. The molecule has 33 heavy (non-hydrogen) atoms. The molecule has 1 fully saturated rings. The molecule has 7 heteroatoms. The Hall–Kier alpha value is -3.45. The number of fused-ring (bicyclic) bond motifs is 1. The average Bonchev–Trinajstić information content (AvgIpc) is 2.84. The lowest BCUT2D eigenvalue weighted by atomic mass is 10.1. The van der Waals surface area contributed by atoms with Crippen LogP contribution in [-0.4, -0.2) is 39.6 Å². The molecule has 1 aliphatic heterocycles. The number of halogens is 1. The number of nitrogens with zero attached hydrogens (tertiary/aromatic N) is 3. The quantitative estimate of drug-likeness (QED) is 0.435. The van der Waals surface area contributed by atoms with Crippen molar-refractivity contribution in [3.05, 3.63) is 90.4 Å². The van der Waals surface area contributed by atoms with E-state index in [1.54, 1.807) is 36.4 Å². The lowest BCUT2D eigenvalue weighted by Crippen LogP contribution is -2.47. The molecule has 1 aromatic heterocycles. The Balaban J connectivity index is 1.56. The molecule has 3 aromatic carbocycles. The van der Waals surface area contributed by atoms with Crippen LogP contribution in [0.5, 0.6) is 0 Å². The molecular formula is C26H24FN3O2S. The molecule has 1 aliphatic rings. The minimum Gasteiger partial charge on any atom is -0.366 e. The molecule has 0 saturated carbocycles. The van der Waals surface area contributed by atoms with E-state index in [4.69, 9.17) is 0 Å². The van der Waals surface area contributed by atoms with E-state index in [0.29, 0.717) is 37.6 Å². The smallest absolute Gasteiger partial charge is 0.210 e. The lowest BCUT2D eigenvalue weighted by molar-refractivity contribution is 0.590. The summed E-state index contributed by atoms with van der Waals surface area (Å²) >= 11 is 0. The van der Waals surface area contributed by atoms with Gasteiger partial charge in [0.2, 0.25) is 9.84 Å². The van der Waals surface area contributed by atoms with Gasteiger partial charge in [-0.1, -0.05) is 48.0 Å². The van der Waals surface area contributed by atoms with E-state index in [-0.39, 0.29) is 15.6 Å². The number of rotatable bonds is 4. The van der Waals surface area contributed by atoms with Crippen LogP contribution in [0.25, 0.3) is 10.9 Å². The summed E-state index contributed by atoms with van der Waals surface area (Å²) in [4.78, 5) is 8.99. The van der Waals surface area contributed by atoms with Crippen molar-refractivity contribution in [3.63, 3.8) is 0 Å². The molecule has 0 bridgehead atoms. The van der Waals surface area contributed by atoms with Crippen molar-refractivity contribution in [1.82, 2.24) is 4.98 Å². The van der Waals surface area contributed by atoms with Crippen molar-refractivity contribution < 1.29 is 12.8 Å². The molecule has 0 N–H and O–H groups in total. The maximum absolute atomic E-state index is 14.3. The monoisotopic (exact) mass is 461 g/mol. The number of hydrogen-bond acceptors (Lipinski definition) is 5. The van der Waals surface area contributed by atoms with Crippen molar-refractivity contribution in [2.45, 2.75) is 16.7 Å². The van der Waals surface area contributed by atoms with Gasteiger partial charge < -0.3 is 9.80 Å². The maximum atomic E-state index is 14.3. The summed E-state index contributed by atoms with van der Waals surface area (Å²) < 4.78 is 41.6. The maximum Gasteiger partial charge on any atom is 0.210 e. The van der Waals surface area contributed by atoms with Crippen LogP contribution in [0, 0.1) is 12.7 Å². The van der Waals surface area contributed by atoms with Crippen molar-refractivity contribution in [3.8, 4) is 0 Å². The fraction of sp³-hybridized carbons (Fsp3) is 0.192. The summed E-state index contributed by atoms with van der Waals surface area (Å²) in [5.74, 6) is -0.247. The predicted molar refractivity (Wildman–Crippen MR) is 129 cm³/mol. The highest BCUT2D eigenvalue weighted by atomic mass is 32.2. The number of aryl methyl sites for hydroxylation is 1. The minimum absolute atomic E-state index is 0.199. The Morgan fingerprint density at radius 1 is 0.818 bits per heavy atom. The second-order valence-corrected chi connectivity index (χ2v) is 10.1. The first-order valence-corrected chi connectivity index (χ1v) is 12.4. The van der Waals surface area contributed by atoms with Crippen molar-refractivity contribution in [2.75, 3.05) is 36.0 Å². The molecule has 4 aromatic rings. The van der Waals surface area contributed by atoms with Crippen molar-refractivity contribution in [1.29, 1.82) is 0 Å². The first-order valence-electron chi connectivity index (χ1n) is 10.9. The molecule has 0 amide bonds. The fourth-order valence-corrected chi connectivity index (χ4v) is 5.79. The van der Waals surface area contributed by atoms with Crippen LogP contribution in [0.2, 0.25) is 0 Å². The zero-order chi connectivity index (χ0) is 23.0. The normalized spacial score (nSPS) is 14.6. The van der Waals surface area contributed by atoms with Crippen LogP contribution in [-0.2, 0) is 9.84 Å². The molecule has 5 nitrogen and oxygen atoms in total. The highest BCUT2D eigenvalue weighted by Crippen LogP contribution is 2.36. The summed E-state index contributed by atoms with van der Waals surface area (Å²) in [7, 11) is -3.78. The van der Waals surface area contributed by atoms with Gasteiger partial charge >= 0.3 is 0 Å². The van der Waals surface area contributed by atoms with Crippen LogP contribution < -0.4 is 9.80 Å². The van der Waals surface area contributed by atoms with Gasteiger partial charge in [-0.15, -0.1) is 0 Å². The van der Waals surface area contributed by atoms with Gasteiger partial charge in [0.05, 0.1) is 21.8 Å². The van der Waals surface area contributed by atoms with E-state index >= 15 is 0 Å². The molecule has 1 saturated heterocycles. The van der Waals surface area contributed by atoms with Crippen LogP contribution in [0.15, 0.2) is 88.8 Å². The van der Waals surface area contributed by atoms with Gasteiger partial charge in [0.25, 0.3) is 0 Å². The number of anilines is 2. The number of sulfone groups is 1. The lowest BCUT2D eigenvalue weighted by Gasteiger charge is -2.38. The predicted octanol–water partition coefficient (Wildman–Crippen LogP) is 4.84. The highest BCUT2D eigenvalue weighted by molar-refractivity contribution is 7.91. The number of hydrogen-bond donors (Lipinski definition) is 0. The van der Waals surface area contributed by atoms with Gasteiger partial charge in [-0.05, 0) is 37.3 Å². The molecule has 168 valence electrons. The van der Waals surface area contributed by atoms with Gasteiger partial charge in [0.15, 0.2) is 0 Å². The van der Waals surface area contributed by atoms with Gasteiger partial charge in [-0.25, -0.2) is 12.8 Å². The molecule has 0 atom stereocenters. The summed E-state index contributed by atoms with van der Waals surface area (Å²) in [5, 5.41) is 0.796. The first-order chi connectivity index (χ1) is 15.9. The third-order valence-corrected chi connectivity index (χ3v) is 7.89. The first kappa shape index (κ1) is 21.4. The molecule has 0 aliphatic carbocycles. The summed E-state index contributed by atoms with van der Waals surface area (Å²) in [6, 6.07) is 21.2. The van der Waals surface area contributed by atoms with Gasteiger partial charge in [0.1, 0.15) is 10.7 Å². The van der Waals surface area contributed by atoms with Crippen LogP contribution in [0.4, 0.5) is 15.8 Å². The summed E-state index contributed by atoms with van der Waals surface area (Å²) in [5.41, 5.74) is 2.97. The third kappa shape index (κ3) is 3.93. The van der Waals surface area contributed by atoms with E-state index in [0.717, 1.165) is 16.5 Å². The van der Waals surface area contributed by atoms with Crippen LogP contribution in [0.1, 0.15) is 5.56 Å². The molecular weight excluding hydrogens is 437 g/mol. The Morgan fingerprint density at radius 3 is 2.18 bits per heavy atom. The van der Waals surface area contributed by atoms with Crippen LogP contribution >= 0.6 is 0 Å². The topological polar surface area (TPSA) is 53.5 Å². The number of aromatic nitrogens is 1. The zero-order valence-electron chi connectivity index (χ0n) is 18.3. The molecule has 2 heterocycles. The second kappa shape index (κ2) is 8.48. The van der Waals surface area contributed by atoms with Crippen LogP contribution in [0.3, 0.4) is 0 Å². The van der Waals surface area contributed by atoms with Gasteiger partial charge in [-0.2, -0.15) is 0 Å². The van der Waals surface area contributed by atoms with E-state index in [1.807, 2.05) is 42.2 Å². The molecule has 5 rings (SSSR count). The van der Waals surface area contributed by atoms with E-state index in [1.165, 1.54) is 12.3 Å². The van der Waals surface area contributed by atoms with E-state index in [2.05, 4.69) is 9.88 Å². The third-order valence-electron chi connectivity index (χ3n) is 6.12. The standard InChI is InChI=1S/C26H24FN3O2S/c1-19-10-12-20(13-11-19)33(31,32)25-18-28-23-8-4-2-6-21(23)26(25)30-16-14-29(15-17-30)24-9-5-3-7-22(24)27/h2-13,18H,14-17H2,1H3. The fourth-order valence-electron chi connectivity index (χ4n) is 4.35. The van der Waals surface area contributed by atoms with Gasteiger partial charge in [0, 0.05) is 37.8 Å². The summed E-state index contributed by atoms with van der Waals surface area (Å²) in [6.07, 6.45) is 1.47. The van der Waals surface area contributed by atoms with Crippen molar-refractivity contribution >= 4 is 32.1 Å². The Bertz CT molecular complexity index is 1410.